The van der Waals surface area contributed by atoms with Gasteiger partial charge in [0.2, 0.25) is 6.79 Å². The second-order valence-corrected chi connectivity index (χ2v) is 11.4. The molecular formula is C39H43N3O4. The number of imidazole rings is 1. The highest BCUT2D eigenvalue weighted by molar-refractivity contribution is 5.68. The maximum atomic E-state index is 6.00. The molecule has 0 spiro atoms. The molecule has 2 heterocycles. The Bertz CT molecular complexity index is 1720. The summed E-state index contributed by atoms with van der Waals surface area (Å²) >= 11 is 0. The van der Waals surface area contributed by atoms with E-state index in [1.807, 2.05) is 26.0 Å². The molecule has 0 amide bonds. The number of ether oxygens (including phenoxy) is 4. The second kappa shape index (κ2) is 15.0. The third-order valence-electron chi connectivity index (χ3n) is 8.12. The zero-order chi connectivity index (χ0) is 31.7. The maximum Gasteiger partial charge on any atom is 0.231 e. The summed E-state index contributed by atoms with van der Waals surface area (Å²) in [4.78, 5) is 7.83. The van der Waals surface area contributed by atoms with Crippen molar-refractivity contribution in [1.82, 2.24) is 14.5 Å². The normalized spacial score (nSPS) is 12.1. The van der Waals surface area contributed by atoms with Crippen LogP contribution in [0.4, 0.5) is 0 Å². The van der Waals surface area contributed by atoms with Crippen molar-refractivity contribution in [3.63, 3.8) is 0 Å². The number of hydrogen-bond donors (Lipinski definition) is 0. The Morgan fingerprint density at radius 1 is 0.696 bits per heavy atom. The number of rotatable bonds is 15. The topological polar surface area (TPSA) is 58.0 Å². The summed E-state index contributed by atoms with van der Waals surface area (Å²) in [6, 6.07) is 33.6. The minimum absolute atomic E-state index is 0.258. The van der Waals surface area contributed by atoms with Gasteiger partial charge in [-0.15, -0.1) is 0 Å². The fraction of sp³-hybridized carbons (Fsp3) is 0.308. The highest BCUT2D eigenvalue weighted by atomic mass is 16.7. The number of hydrogen-bond acceptors (Lipinski definition) is 6. The number of unbranched alkanes of at least 4 members (excludes halogenated alkanes) is 1. The molecule has 0 fully saturated rings. The quantitative estimate of drug-likeness (QED) is 0.117. The van der Waals surface area contributed by atoms with E-state index in [0.717, 1.165) is 76.2 Å². The lowest BCUT2D eigenvalue weighted by atomic mass is 10.1. The Morgan fingerprint density at radius 2 is 1.35 bits per heavy atom. The van der Waals surface area contributed by atoms with E-state index in [1.54, 1.807) is 0 Å². The lowest BCUT2D eigenvalue weighted by Crippen LogP contribution is -2.24. The first-order valence-electron chi connectivity index (χ1n) is 16.4. The predicted octanol–water partition coefficient (Wildman–Crippen LogP) is 8.75. The molecule has 46 heavy (non-hydrogen) atoms. The van der Waals surface area contributed by atoms with Crippen LogP contribution in [0.3, 0.4) is 0 Å². The van der Waals surface area contributed by atoms with Crippen LogP contribution in [0.15, 0.2) is 97.1 Å². The largest absolute Gasteiger partial charge is 0.490 e. The van der Waals surface area contributed by atoms with Gasteiger partial charge in [0.05, 0.1) is 24.6 Å². The van der Waals surface area contributed by atoms with E-state index in [2.05, 4.69) is 101 Å². The zero-order valence-corrected chi connectivity index (χ0v) is 27.1. The minimum atomic E-state index is 0.258. The van der Waals surface area contributed by atoms with Crippen LogP contribution in [0.1, 0.15) is 50.4 Å². The molecule has 0 saturated carbocycles. The first-order chi connectivity index (χ1) is 22.7. The monoisotopic (exact) mass is 617 g/mol. The summed E-state index contributed by atoms with van der Waals surface area (Å²) < 4.78 is 25.7. The van der Waals surface area contributed by atoms with E-state index in [0.29, 0.717) is 32.8 Å². The van der Waals surface area contributed by atoms with Gasteiger partial charge in [0.25, 0.3) is 0 Å². The molecule has 7 nitrogen and oxygen atoms in total. The van der Waals surface area contributed by atoms with E-state index in [4.69, 9.17) is 23.9 Å². The van der Waals surface area contributed by atoms with Crippen LogP contribution in [-0.2, 0) is 26.2 Å². The van der Waals surface area contributed by atoms with E-state index in [-0.39, 0.29) is 6.79 Å². The van der Waals surface area contributed by atoms with Gasteiger partial charge < -0.3 is 23.5 Å². The Labute approximate surface area is 272 Å². The van der Waals surface area contributed by atoms with E-state index >= 15 is 0 Å². The van der Waals surface area contributed by atoms with Gasteiger partial charge in [-0.2, -0.15) is 0 Å². The molecule has 0 bridgehead atoms. The average Bonchev–Trinajstić information content (AvgIpc) is 3.70. The summed E-state index contributed by atoms with van der Waals surface area (Å²) in [6.07, 6.45) is 2.16. The summed E-state index contributed by atoms with van der Waals surface area (Å²) in [6.45, 7) is 10.7. The van der Waals surface area contributed by atoms with Crippen molar-refractivity contribution in [2.75, 3.05) is 20.0 Å². The molecule has 0 saturated heterocycles. The van der Waals surface area contributed by atoms with Crippen molar-refractivity contribution in [3.8, 4) is 45.6 Å². The van der Waals surface area contributed by atoms with Crippen molar-refractivity contribution < 1.29 is 18.9 Å². The van der Waals surface area contributed by atoms with E-state index < -0.39 is 0 Å². The lowest BCUT2D eigenvalue weighted by Gasteiger charge is -2.25. The molecule has 0 atom stereocenters. The molecular weight excluding hydrogens is 574 g/mol. The molecule has 5 aromatic rings. The minimum Gasteiger partial charge on any atom is -0.490 e. The van der Waals surface area contributed by atoms with Crippen LogP contribution in [0.2, 0.25) is 0 Å². The van der Waals surface area contributed by atoms with Crippen LogP contribution < -0.4 is 18.9 Å². The molecule has 0 unspecified atom stereocenters. The first-order valence-corrected chi connectivity index (χ1v) is 16.4. The van der Waals surface area contributed by atoms with Crippen molar-refractivity contribution >= 4 is 0 Å². The molecule has 7 heteroatoms. The lowest BCUT2D eigenvalue weighted by molar-refractivity contribution is 0.174. The second-order valence-electron chi connectivity index (χ2n) is 11.4. The summed E-state index contributed by atoms with van der Waals surface area (Å²) in [5.74, 6) is 4.13. The van der Waals surface area contributed by atoms with E-state index in [9.17, 15) is 0 Å². The Hall–Kier alpha value is -4.75. The molecule has 1 aromatic heterocycles. The number of nitrogens with zero attached hydrogens (tertiary/aromatic N) is 3. The molecule has 1 aliphatic rings. The number of aromatic nitrogens is 2. The molecule has 0 radical (unpaired) electrons. The van der Waals surface area contributed by atoms with Crippen LogP contribution in [0.5, 0.6) is 23.0 Å². The van der Waals surface area contributed by atoms with Gasteiger partial charge in [-0.1, -0.05) is 86.1 Å². The third-order valence-corrected chi connectivity index (χ3v) is 8.12. The van der Waals surface area contributed by atoms with Gasteiger partial charge in [-0.05, 0) is 55.7 Å². The smallest absolute Gasteiger partial charge is 0.231 e. The highest BCUT2D eigenvalue weighted by Gasteiger charge is 2.23. The van der Waals surface area contributed by atoms with Crippen LogP contribution >= 0.6 is 0 Å². The van der Waals surface area contributed by atoms with Crippen LogP contribution in [0.25, 0.3) is 22.6 Å². The Morgan fingerprint density at radius 3 is 2.07 bits per heavy atom. The van der Waals surface area contributed by atoms with E-state index in [1.165, 1.54) is 5.69 Å². The standard InChI is InChI=1S/C39H43N3O4/c1-4-7-22-42-33(38(31-14-10-8-11-15-31)40-39(42)32-16-12-9-13-17-32)27-41(26-30-19-21-35-37(24-30)46-28-45-35)25-29-18-20-34(43-5-2)36(23-29)44-6-3/h8-21,23-24H,4-7,22,25-28H2,1-3H3. The molecule has 238 valence electrons. The molecule has 0 N–H and O–H groups in total. The van der Waals surface area contributed by atoms with Gasteiger partial charge in [0.1, 0.15) is 5.82 Å². The fourth-order valence-electron chi connectivity index (χ4n) is 5.97. The fourth-order valence-corrected chi connectivity index (χ4v) is 5.97. The number of fused-ring (bicyclic) bond motifs is 1. The van der Waals surface area contributed by atoms with Crippen LogP contribution in [-0.4, -0.2) is 34.5 Å². The summed E-state index contributed by atoms with van der Waals surface area (Å²) in [7, 11) is 0. The molecule has 1 aliphatic heterocycles. The van der Waals surface area contributed by atoms with Crippen molar-refractivity contribution in [1.29, 1.82) is 0 Å². The maximum absolute atomic E-state index is 6.00. The van der Waals surface area contributed by atoms with Crippen molar-refractivity contribution in [2.24, 2.45) is 0 Å². The average molecular weight is 618 g/mol. The zero-order valence-electron chi connectivity index (χ0n) is 27.1. The van der Waals surface area contributed by atoms with Gasteiger partial charge in [0, 0.05) is 37.3 Å². The molecule has 6 rings (SSSR count). The summed E-state index contributed by atoms with van der Waals surface area (Å²) in [5, 5.41) is 0. The SMILES string of the molecule is CCCCn1c(-c2ccccc2)nc(-c2ccccc2)c1CN(Cc1ccc(OCC)c(OCC)c1)Cc1ccc2c(c1)OCO2. The number of benzene rings is 4. The first kappa shape index (κ1) is 31.2. The Balaban J connectivity index is 1.43. The van der Waals surface area contributed by atoms with Crippen molar-refractivity contribution in [3.05, 3.63) is 114 Å². The van der Waals surface area contributed by atoms with Gasteiger partial charge in [-0.25, -0.2) is 4.98 Å². The van der Waals surface area contributed by atoms with Gasteiger partial charge in [0.15, 0.2) is 23.0 Å². The van der Waals surface area contributed by atoms with Gasteiger partial charge in [-0.3, -0.25) is 4.90 Å². The summed E-state index contributed by atoms with van der Waals surface area (Å²) in [5.41, 5.74) is 6.77. The third kappa shape index (κ3) is 7.21. The molecule has 0 aliphatic carbocycles. The van der Waals surface area contributed by atoms with Gasteiger partial charge >= 0.3 is 0 Å². The molecule has 4 aromatic carbocycles. The van der Waals surface area contributed by atoms with Crippen LogP contribution in [0, 0.1) is 0 Å². The van der Waals surface area contributed by atoms with Crippen molar-refractivity contribution in [2.45, 2.75) is 59.8 Å². The Kier molecular flexibility index (Phi) is 10.2. The highest BCUT2D eigenvalue weighted by Crippen LogP contribution is 2.35. The predicted molar refractivity (Wildman–Crippen MR) is 182 cm³/mol.